The molecular formula is C22H19NO6. The van der Waals surface area contributed by atoms with Crippen molar-refractivity contribution in [1.82, 2.24) is 4.90 Å². The second-order valence-corrected chi connectivity index (χ2v) is 6.60. The molecule has 0 N–H and O–H groups in total. The summed E-state index contributed by atoms with van der Waals surface area (Å²) in [5.74, 6) is -1.45. The topological polar surface area (TPSA) is 86.0 Å². The van der Waals surface area contributed by atoms with Gasteiger partial charge in [0.25, 0.3) is 5.91 Å². The highest BCUT2D eigenvalue weighted by molar-refractivity contribution is 5.92. The first-order valence-electron chi connectivity index (χ1n) is 9.29. The molecule has 4 rings (SSSR count). The van der Waals surface area contributed by atoms with Crippen LogP contribution in [0.5, 0.6) is 0 Å². The van der Waals surface area contributed by atoms with Crippen molar-refractivity contribution in [1.29, 1.82) is 0 Å². The maximum atomic E-state index is 13.0. The Bertz CT molecular complexity index is 1090. The summed E-state index contributed by atoms with van der Waals surface area (Å²) < 4.78 is 16.4. The number of benzene rings is 2. The predicted octanol–water partition coefficient (Wildman–Crippen LogP) is 2.55. The van der Waals surface area contributed by atoms with E-state index in [9.17, 15) is 14.4 Å². The summed E-state index contributed by atoms with van der Waals surface area (Å²) in [7, 11) is 0. The number of fused-ring (bicyclic) bond motifs is 1. The van der Waals surface area contributed by atoms with Crippen LogP contribution in [0.25, 0.3) is 11.0 Å². The number of ether oxygens (including phenoxy) is 2. The molecule has 2 aromatic carbocycles. The molecule has 1 amide bonds. The standard InChI is InChI=1S/C22H19NO6/c24-17-14-19(28-18-9-5-4-8-16(17)18)22(26)29-20(15-6-2-1-3-7-15)21(25)23-10-12-27-13-11-23/h1-9,14,20H,10-13H2/t20-/m0/s1. The zero-order valence-corrected chi connectivity index (χ0v) is 15.6. The van der Waals surface area contributed by atoms with Crippen LogP contribution in [0, 0.1) is 0 Å². The lowest BCUT2D eigenvalue weighted by Crippen LogP contribution is -2.44. The molecule has 0 radical (unpaired) electrons. The van der Waals surface area contributed by atoms with E-state index in [-0.39, 0.29) is 22.7 Å². The summed E-state index contributed by atoms with van der Waals surface area (Å²) in [6.45, 7) is 1.71. The third-order valence-electron chi connectivity index (χ3n) is 4.71. The average molecular weight is 393 g/mol. The number of morpholine rings is 1. The number of esters is 1. The Morgan fingerprint density at radius 2 is 1.66 bits per heavy atom. The molecule has 0 bridgehead atoms. The molecule has 1 atom stereocenters. The molecule has 7 nitrogen and oxygen atoms in total. The van der Waals surface area contributed by atoms with E-state index < -0.39 is 12.1 Å². The summed E-state index contributed by atoms with van der Waals surface area (Å²) in [6, 6.07) is 16.5. The molecule has 3 aromatic rings. The number of carbonyl (C=O) groups is 2. The van der Waals surface area contributed by atoms with Crippen molar-refractivity contribution in [2.24, 2.45) is 0 Å². The minimum atomic E-state index is -1.14. The fraction of sp³-hybridized carbons (Fsp3) is 0.227. The zero-order chi connectivity index (χ0) is 20.2. The van der Waals surface area contributed by atoms with Crippen LogP contribution in [0.15, 0.2) is 69.9 Å². The molecule has 2 heterocycles. The van der Waals surface area contributed by atoms with Crippen LogP contribution >= 0.6 is 0 Å². The van der Waals surface area contributed by atoms with Crippen molar-refractivity contribution in [2.45, 2.75) is 6.10 Å². The van der Waals surface area contributed by atoms with Crippen molar-refractivity contribution in [3.63, 3.8) is 0 Å². The largest absolute Gasteiger partial charge is 0.449 e. The van der Waals surface area contributed by atoms with E-state index >= 15 is 0 Å². The average Bonchev–Trinajstić information content (AvgIpc) is 2.78. The Morgan fingerprint density at radius 3 is 2.41 bits per heavy atom. The van der Waals surface area contributed by atoms with Crippen molar-refractivity contribution in [2.75, 3.05) is 26.3 Å². The summed E-state index contributed by atoms with van der Waals surface area (Å²) in [5.41, 5.74) is 0.470. The van der Waals surface area contributed by atoms with E-state index in [0.717, 1.165) is 6.07 Å². The monoisotopic (exact) mass is 393 g/mol. The van der Waals surface area contributed by atoms with Crippen molar-refractivity contribution in [3.8, 4) is 0 Å². The van der Waals surface area contributed by atoms with Gasteiger partial charge in [-0.15, -0.1) is 0 Å². The first-order valence-corrected chi connectivity index (χ1v) is 9.29. The first-order chi connectivity index (χ1) is 14.1. The van der Waals surface area contributed by atoms with E-state index in [0.29, 0.717) is 37.3 Å². The number of rotatable bonds is 4. The molecule has 1 aliphatic rings. The fourth-order valence-corrected chi connectivity index (χ4v) is 3.21. The number of hydrogen-bond acceptors (Lipinski definition) is 6. The van der Waals surface area contributed by atoms with Crippen LogP contribution in [0.4, 0.5) is 0 Å². The highest BCUT2D eigenvalue weighted by Gasteiger charge is 2.31. The van der Waals surface area contributed by atoms with E-state index in [1.807, 2.05) is 6.07 Å². The van der Waals surface area contributed by atoms with Gasteiger partial charge in [-0.3, -0.25) is 9.59 Å². The molecular weight excluding hydrogens is 374 g/mol. The number of carbonyl (C=O) groups excluding carboxylic acids is 2. The minimum Gasteiger partial charge on any atom is -0.449 e. The van der Waals surface area contributed by atoms with Crippen LogP contribution < -0.4 is 5.43 Å². The summed E-state index contributed by atoms with van der Waals surface area (Å²) in [5, 5.41) is 0.369. The highest BCUT2D eigenvalue weighted by Crippen LogP contribution is 2.23. The van der Waals surface area contributed by atoms with Gasteiger partial charge >= 0.3 is 5.97 Å². The molecule has 1 saturated heterocycles. The van der Waals surface area contributed by atoms with Crippen LogP contribution in [0.2, 0.25) is 0 Å². The lowest BCUT2D eigenvalue weighted by molar-refractivity contribution is -0.145. The molecule has 29 heavy (non-hydrogen) atoms. The maximum absolute atomic E-state index is 13.0. The molecule has 7 heteroatoms. The van der Waals surface area contributed by atoms with Gasteiger partial charge in [-0.25, -0.2) is 4.79 Å². The van der Waals surface area contributed by atoms with Crippen molar-refractivity contribution >= 4 is 22.8 Å². The van der Waals surface area contributed by atoms with Gasteiger partial charge in [0, 0.05) is 24.7 Å². The highest BCUT2D eigenvalue weighted by atomic mass is 16.6. The Morgan fingerprint density at radius 1 is 0.966 bits per heavy atom. The van der Waals surface area contributed by atoms with Crippen LogP contribution in [0.1, 0.15) is 22.2 Å². The van der Waals surface area contributed by atoms with Gasteiger partial charge < -0.3 is 18.8 Å². The molecule has 1 aliphatic heterocycles. The molecule has 148 valence electrons. The van der Waals surface area contributed by atoms with Crippen LogP contribution in [-0.2, 0) is 14.3 Å². The second-order valence-electron chi connectivity index (χ2n) is 6.60. The van der Waals surface area contributed by atoms with Crippen molar-refractivity contribution < 1.29 is 23.5 Å². The minimum absolute atomic E-state index is 0.246. The summed E-state index contributed by atoms with van der Waals surface area (Å²) >= 11 is 0. The Labute approximate surface area is 166 Å². The predicted molar refractivity (Wildman–Crippen MR) is 104 cm³/mol. The number of amides is 1. The third-order valence-corrected chi connectivity index (χ3v) is 4.71. The van der Waals surface area contributed by atoms with Gasteiger partial charge in [-0.05, 0) is 12.1 Å². The van der Waals surface area contributed by atoms with Crippen LogP contribution in [-0.4, -0.2) is 43.1 Å². The van der Waals surface area contributed by atoms with Crippen molar-refractivity contribution in [3.05, 3.63) is 82.2 Å². The second kappa shape index (κ2) is 8.28. The molecule has 1 aromatic heterocycles. The van der Waals surface area contributed by atoms with E-state index in [2.05, 4.69) is 0 Å². The lowest BCUT2D eigenvalue weighted by Gasteiger charge is -2.30. The van der Waals surface area contributed by atoms with E-state index in [1.54, 1.807) is 53.4 Å². The van der Waals surface area contributed by atoms with Gasteiger partial charge in [-0.2, -0.15) is 0 Å². The quantitative estimate of drug-likeness (QED) is 0.633. The normalized spacial score (nSPS) is 15.1. The Kier molecular flexibility index (Phi) is 5.39. The maximum Gasteiger partial charge on any atom is 0.375 e. The number of hydrogen-bond donors (Lipinski definition) is 0. The van der Waals surface area contributed by atoms with Gasteiger partial charge in [0.05, 0.1) is 18.6 Å². The fourth-order valence-electron chi connectivity index (χ4n) is 3.21. The Balaban J connectivity index is 1.64. The molecule has 0 unspecified atom stereocenters. The molecule has 0 saturated carbocycles. The zero-order valence-electron chi connectivity index (χ0n) is 15.6. The lowest BCUT2D eigenvalue weighted by atomic mass is 10.1. The number of para-hydroxylation sites is 1. The molecule has 0 aliphatic carbocycles. The molecule has 0 spiro atoms. The SMILES string of the molecule is O=C(O[C@H](C(=O)N1CCOCC1)c1ccccc1)c1cc(=O)c2ccccc2o1. The van der Waals surface area contributed by atoms with Gasteiger partial charge in [-0.1, -0.05) is 42.5 Å². The Hall–Kier alpha value is -3.45. The van der Waals surface area contributed by atoms with Gasteiger partial charge in [0.2, 0.25) is 11.9 Å². The van der Waals surface area contributed by atoms with Crippen LogP contribution in [0.3, 0.4) is 0 Å². The third kappa shape index (κ3) is 4.05. The molecule has 1 fully saturated rings. The van der Waals surface area contributed by atoms with Gasteiger partial charge in [0.1, 0.15) is 5.58 Å². The first kappa shape index (κ1) is 18.9. The number of nitrogens with zero attached hydrogens (tertiary/aromatic N) is 1. The van der Waals surface area contributed by atoms with Gasteiger partial charge in [0.15, 0.2) is 5.43 Å². The summed E-state index contributed by atoms with van der Waals surface area (Å²) in [6.07, 6.45) is -1.14. The smallest absolute Gasteiger partial charge is 0.375 e. The van der Waals surface area contributed by atoms with E-state index in [4.69, 9.17) is 13.9 Å². The summed E-state index contributed by atoms with van der Waals surface area (Å²) in [4.78, 5) is 39.7. The van der Waals surface area contributed by atoms with E-state index in [1.165, 1.54) is 0 Å².